The zero-order chi connectivity index (χ0) is 28.5. The first-order valence-electron chi connectivity index (χ1n) is 14.3. The maximum absolute atomic E-state index is 13.8. The van der Waals surface area contributed by atoms with Crippen LogP contribution in [0.15, 0.2) is 12.3 Å². The maximum Gasteiger partial charge on any atom is 0.244 e. The number of carboxylic acid groups (broad SMARTS) is 1. The number of rotatable bonds is 13. The summed E-state index contributed by atoms with van der Waals surface area (Å²) in [5, 5.41) is 25.5. The van der Waals surface area contributed by atoms with Crippen LogP contribution in [0.1, 0.15) is 103 Å². The second kappa shape index (κ2) is 14.4. The molecule has 1 aromatic heterocycles. The number of nitrogens with zero attached hydrogens (tertiary/aromatic N) is 3. The molecule has 5 unspecified atom stereocenters. The van der Waals surface area contributed by atoms with E-state index in [1.54, 1.807) is 10.2 Å². The number of fused-ring (bicyclic) bond motifs is 1. The van der Waals surface area contributed by atoms with Crippen LogP contribution < -0.4 is 26.0 Å². The number of nitrogens with one attached hydrogen (secondary N) is 3. The Morgan fingerprint density at radius 1 is 1.18 bits per heavy atom. The summed E-state index contributed by atoms with van der Waals surface area (Å²) in [5.41, 5.74) is 5.38. The smallest absolute Gasteiger partial charge is 0.244 e. The Morgan fingerprint density at radius 3 is 2.59 bits per heavy atom. The number of aryl methyl sites for hydroxylation is 1. The lowest BCUT2D eigenvalue weighted by molar-refractivity contribution is -0.784. The Balaban J connectivity index is 1.85. The minimum absolute atomic E-state index is 0.00590. The number of unbranched alkanes of at least 4 members (excludes halogenated alkanes) is 2. The van der Waals surface area contributed by atoms with Crippen LogP contribution >= 0.6 is 0 Å². The van der Waals surface area contributed by atoms with Gasteiger partial charge in [0.05, 0.1) is 12.0 Å². The number of hydroxylamine groups is 1. The molecule has 2 aliphatic rings. The predicted octanol–water partition coefficient (Wildman–Crippen LogP) is 0.651. The summed E-state index contributed by atoms with van der Waals surface area (Å²) in [6.45, 7) is 7.27. The SMILES string of the molecule is CCCCCC(CC(=O)NO)C(=O)N1NCCCC1C(=O)NC(c1cc[n+]2n1C(C(=O)[O-])CCC2)C(C)CC. The summed E-state index contributed by atoms with van der Waals surface area (Å²) in [6.07, 6.45) is 7.84. The fraction of sp³-hybridized carbons (Fsp3) is 0.741. The molecule has 12 heteroatoms. The number of aromatic nitrogens is 2. The molecule has 2 aliphatic heterocycles. The number of hydrogen-bond donors (Lipinski definition) is 4. The predicted molar refractivity (Wildman–Crippen MR) is 138 cm³/mol. The number of hydrogen-bond acceptors (Lipinski definition) is 7. The maximum atomic E-state index is 13.8. The van der Waals surface area contributed by atoms with Crippen molar-refractivity contribution >= 4 is 23.7 Å². The van der Waals surface area contributed by atoms with Crippen molar-refractivity contribution in [3.63, 3.8) is 0 Å². The van der Waals surface area contributed by atoms with Crippen LogP contribution in [-0.4, -0.2) is 51.2 Å². The normalized spacial score (nSPS) is 21.4. The number of carbonyl (C=O) groups is 4. The first-order valence-corrected chi connectivity index (χ1v) is 14.3. The monoisotopic (exact) mass is 548 g/mol. The van der Waals surface area contributed by atoms with E-state index in [9.17, 15) is 24.3 Å². The van der Waals surface area contributed by atoms with E-state index in [1.165, 1.54) is 5.01 Å². The summed E-state index contributed by atoms with van der Waals surface area (Å²) in [6, 6.07) is -0.215. The van der Waals surface area contributed by atoms with E-state index in [4.69, 9.17) is 5.21 Å². The van der Waals surface area contributed by atoms with Gasteiger partial charge in [0.15, 0.2) is 12.7 Å². The van der Waals surface area contributed by atoms with Crippen molar-refractivity contribution in [2.75, 3.05) is 6.54 Å². The van der Waals surface area contributed by atoms with Crippen molar-refractivity contribution in [3.8, 4) is 0 Å². The van der Waals surface area contributed by atoms with E-state index >= 15 is 0 Å². The standard InChI is InChI=1S/C27H44N6O6/c1-4-6-7-10-19(17-23(34)30-39)26(36)32-21(11-8-14-28-32)25(35)29-24(18(3)5-2)20-13-16-31-15-9-12-22(27(37)38)33(20)31/h13,16,18-19,21-22,24,28H,4-12,14-15,17H2,1-3H3,(H3-,29,30,34,35,37,38,39). The van der Waals surface area contributed by atoms with Gasteiger partial charge < -0.3 is 15.2 Å². The van der Waals surface area contributed by atoms with E-state index in [1.807, 2.05) is 37.7 Å². The summed E-state index contributed by atoms with van der Waals surface area (Å²) in [7, 11) is 0. The van der Waals surface area contributed by atoms with Gasteiger partial charge in [0.2, 0.25) is 17.7 Å². The second-order valence-corrected chi connectivity index (χ2v) is 10.8. The van der Waals surface area contributed by atoms with Crippen molar-refractivity contribution in [2.24, 2.45) is 11.8 Å². The first-order chi connectivity index (χ1) is 18.7. The summed E-state index contributed by atoms with van der Waals surface area (Å²) in [4.78, 5) is 51.3. The number of carboxylic acids is 1. The van der Waals surface area contributed by atoms with Gasteiger partial charge in [0.1, 0.15) is 17.8 Å². The zero-order valence-corrected chi connectivity index (χ0v) is 23.4. The average molecular weight is 549 g/mol. The Hall–Kier alpha value is -2.99. The molecule has 218 valence electrons. The van der Waals surface area contributed by atoms with Gasteiger partial charge in [-0.2, -0.15) is 0 Å². The molecule has 4 N–H and O–H groups in total. The number of hydrazine groups is 1. The van der Waals surface area contributed by atoms with Crippen LogP contribution in [0.2, 0.25) is 0 Å². The molecule has 1 saturated heterocycles. The summed E-state index contributed by atoms with van der Waals surface area (Å²) >= 11 is 0. The molecular weight excluding hydrogens is 504 g/mol. The minimum atomic E-state index is -1.15. The molecular formula is C27H44N6O6. The van der Waals surface area contributed by atoms with Crippen molar-refractivity contribution in [1.82, 2.24) is 25.9 Å². The van der Waals surface area contributed by atoms with Crippen LogP contribution in [0.3, 0.4) is 0 Å². The highest BCUT2D eigenvalue weighted by Crippen LogP contribution is 2.29. The molecule has 5 atom stereocenters. The summed E-state index contributed by atoms with van der Waals surface area (Å²) in [5.74, 6) is -3.15. The van der Waals surface area contributed by atoms with Crippen LogP contribution in [0, 0.1) is 11.8 Å². The van der Waals surface area contributed by atoms with Crippen molar-refractivity contribution < 1.29 is 34.2 Å². The second-order valence-electron chi connectivity index (χ2n) is 10.8. The molecule has 0 aliphatic carbocycles. The van der Waals surface area contributed by atoms with E-state index in [-0.39, 0.29) is 24.2 Å². The Bertz CT molecular complexity index is 1010. The third kappa shape index (κ3) is 7.36. The third-order valence-electron chi connectivity index (χ3n) is 8.07. The largest absolute Gasteiger partial charge is 0.548 e. The van der Waals surface area contributed by atoms with E-state index in [2.05, 4.69) is 10.7 Å². The van der Waals surface area contributed by atoms with Gasteiger partial charge in [-0.25, -0.2) is 10.9 Å². The Labute approximate surface area is 230 Å². The van der Waals surface area contributed by atoms with Gasteiger partial charge >= 0.3 is 0 Å². The highest BCUT2D eigenvalue weighted by atomic mass is 16.5. The lowest BCUT2D eigenvalue weighted by atomic mass is 9.93. The average Bonchev–Trinajstić information content (AvgIpc) is 3.38. The molecule has 39 heavy (non-hydrogen) atoms. The topological polar surface area (TPSA) is 160 Å². The molecule has 3 amide bonds. The van der Waals surface area contributed by atoms with Gasteiger partial charge in [-0.15, -0.1) is 9.36 Å². The van der Waals surface area contributed by atoms with E-state index < -0.39 is 35.9 Å². The van der Waals surface area contributed by atoms with E-state index in [0.717, 1.165) is 32.1 Å². The Kier molecular flexibility index (Phi) is 11.3. The van der Waals surface area contributed by atoms with Gasteiger partial charge in [-0.1, -0.05) is 46.5 Å². The molecule has 1 aromatic rings. The Morgan fingerprint density at radius 2 is 1.92 bits per heavy atom. The van der Waals surface area contributed by atoms with Crippen molar-refractivity contribution in [2.45, 2.75) is 110 Å². The fourth-order valence-corrected chi connectivity index (χ4v) is 5.66. The lowest BCUT2D eigenvalue weighted by Crippen LogP contribution is -2.60. The molecule has 0 spiro atoms. The molecule has 0 bridgehead atoms. The van der Waals surface area contributed by atoms with Crippen molar-refractivity contribution in [3.05, 3.63) is 18.0 Å². The molecule has 12 nitrogen and oxygen atoms in total. The van der Waals surface area contributed by atoms with Gasteiger partial charge in [0, 0.05) is 31.4 Å². The first kappa shape index (κ1) is 30.6. The zero-order valence-electron chi connectivity index (χ0n) is 23.4. The van der Waals surface area contributed by atoms with Gasteiger partial charge in [0.25, 0.3) is 0 Å². The third-order valence-corrected chi connectivity index (χ3v) is 8.07. The number of amides is 3. The van der Waals surface area contributed by atoms with Crippen molar-refractivity contribution in [1.29, 1.82) is 0 Å². The molecule has 1 fully saturated rings. The molecule has 0 aromatic carbocycles. The lowest BCUT2D eigenvalue weighted by Gasteiger charge is -2.38. The highest BCUT2D eigenvalue weighted by molar-refractivity contribution is 5.90. The number of aliphatic carboxylic acids is 1. The molecule has 0 radical (unpaired) electrons. The highest BCUT2D eigenvalue weighted by Gasteiger charge is 2.39. The van der Waals surface area contributed by atoms with E-state index in [0.29, 0.717) is 44.5 Å². The van der Waals surface area contributed by atoms with Crippen LogP contribution in [0.25, 0.3) is 0 Å². The molecule has 3 rings (SSSR count). The van der Waals surface area contributed by atoms with Gasteiger partial charge in [-0.05, 0) is 31.6 Å². The summed E-state index contributed by atoms with van der Waals surface area (Å²) < 4.78 is 3.60. The fourth-order valence-electron chi connectivity index (χ4n) is 5.66. The minimum Gasteiger partial charge on any atom is -0.548 e. The number of carbonyl (C=O) groups excluding carboxylic acids is 4. The van der Waals surface area contributed by atoms with Crippen LogP contribution in [0.5, 0.6) is 0 Å². The van der Waals surface area contributed by atoms with Crippen LogP contribution in [-0.2, 0) is 25.7 Å². The molecule has 3 heterocycles. The van der Waals surface area contributed by atoms with Crippen LogP contribution in [0.4, 0.5) is 0 Å². The molecule has 0 saturated carbocycles. The van der Waals surface area contributed by atoms with Gasteiger partial charge in [-0.3, -0.25) is 24.6 Å². The quantitative estimate of drug-likeness (QED) is 0.122.